The number of ether oxygens (including phenoxy) is 2. The molecule has 1 amide bonds. The van der Waals surface area contributed by atoms with Crippen molar-refractivity contribution >= 4 is 23.2 Å². The SMILES string of the molecule is CCCCOCc1cc(C(=O)Nc2ccc(F)c(Cl)c2)ccc1OCC. The maximum Gasteiger partial charge on any atom is 0.255 e. The number of halogens is 2. The molecule has 2 aromatic rings. The van der Waals surface area contributed by atoms with Crippen molar-refractivity contribution in [1.82, 2.24) is 0 Å². The molecule has 26 heavy (non-hydrogen) atoms. The number of hydrogen-bond donors (Lipinski definition) is 1. The van der Waals surface area contributed by atoms with Gasteiger partial charge in [-0.3, -0.25) is 4.79 Å². The van der Waals surface area contributed by atoms with Crippen molar-refractivity contribution in [1.29, 1.82) is 0 Å². The Labute approximate surface area is 158 Å². The number of carbonyl (C=O) groups excluding carboxylic acids is 1. The highest BCUT2D eigenvalue weighted by atomic mass is 35.5. The van der Waals surface area contributed by atoms with Crippen molar-refractivity contribution in [2.75, 3.05) is 18.5 Å². The zero-order chi connectivity index (χ0) is 18.9. The number of anilines is 1. The van der Waals surface area contributed by atoms with Crippen molar-refractivity contribution in [2.24, 2.45) is 0 Å². The molecule has 0 aliphatic carbocycles. The van der Waals surface area contributed by atoms with Gasteiger partial charge in [-0.1, -0.05) is 24.9 Å². The van der Waals surface area contributed by atoms with Gasteiger partial charge in [-0.2, -0.15) is 0 Å². The molecule has 0 aromatic heterocycles. The Morgan fingerprint density at radius 3 is 2.69 bits per heavy atom. The quantitative estimate of drug-likeness (QED) is 0.589. The van der Waals surface area contributed by atoms with Crippen LogP contribution in [0.4, 0.5) is 10.1 Å². The fourth-order valence-corrected chi connectivity index (χ4v) is 2.52. The van der Waals surface area contributed by atoms with Gasteiger partial charge in [0, 0.05) is 23.4 Å². The molecule has 0 saturated carbocycles. The Balaban J connectivity index is 2.13. The molecule has 2 aromatic carbocycles. The minimum absolute atomic E-state index is 0.0421. The molecule has 0 radical (unpaired) electrons. The summed E-state index contributed by atoms with van der Waals surface area (Å²) in [5, 5.41) is 2.67. The van der Waals surface area contributed by atoms with Crippen molar-refractivity contribution in [3.05, 3.63) is 58.4 Å². The lowest BCUT2D eigenvalue weighted by Gasteiger charge is -2.13. The topological polar surface area (TPSA) is 47.6 Å². The Bertz CT molecular complexity index is 752. The predicted octanol–water partition coefficient (Wildman–Crippen LogP) is 5.45. The number of hydrogen-bond acceptors (Lipinski definition) is 3. The van der Waals surface area contributed by atoms with E-state index >= 15 is 0 Å². The van der Waals surface area contributed by atoms with E-state index in [1.165, 1.54) is 18.2 Å². The van der Waals surface area contributed by atoms with Crippen molar-refractivity contribution < 1.29 is 18.7 Å². The molecule has 0 bridgehead atoms. The third kappa shape index (κ3) is 5.71. The van der Waals surface area contributed by atoms with Gasteiger partial charge >= 0.3 is 0 Å². The zero-order valence-electron chi connectivity index (χ0n) is 15.0. The van der Waals surface area contributed by atoms with Crippen LogP contribution in [-0.4, -0.2) is 19.1 Å². The summed E-state index contributed by atoms with van der Waals surface area (Å²) in [5.74, 6) is -0.145. The van der Waals surface area contributed by atoms with Gasteiger partial charge in [0.15, 0.2) is 0 Å². The summed E-state index contributed by atoms with van der Waals surface area (Å²) in [6, 6.07) is 9.23. The Hall–Kier alpha value is -2.11. The van der Waals surface area contributed by atoms with E-state index in [0.717, 1.165) is 18.4 Å². The summed E-state index contributed by atoms with van der Waals surface area (Å²) in [6.07, 6.45) is 2.04. The van der Waals surface area contributed by atoms with Gasteiger partial charge in [-0.15, -0.1) is 0 Å². The van der Waals surface area contributed by atoms with Crippen LogP contribution < -0.4 is 10.1 Å². The summed E-state index contributed by atoms with van der Waals surface area (Å²) in [6.45, 7) is 5.56. The molecule has 0 aliphatic heterocycles. The molecule has 140 valence electrons. The van der Waals surface area contributed by atoms with Crippen LogP contribution in [0.1, 0.15) is 42.6 Å². The van der Waals surface area contributed by atoms with Gasteiger partial charge in [0.2, 0.25) is 0 Å². The highest BCUT2D eigenvalue weighted by molar-refractivity contribution is 6.31. The highest BCUT2D eigenvalue weighted by Gasteiger charge is 2.12. The first-order valence-corrected chi connectivity index (χ1v) is 9.02. The summed E-state index contributed by atoms with van der Waals surface area (Å²) in [4.78, 5) is 12.5. The van der Waals surface area contributed by atoms with Gasteiger partial charge in [0.25, 0.3) is 5.91 Å². The van der Waals surface area contributed by atoms with E-state index in [2.05, 4.69) is 12.2 Å². The lowest BCUT2D eigenvalue weighted by atomic mass is 10.1. The van der Waals surface area contributed by atoms with E-state index in [1.54, 1.807) is 18.2 Å². The maximum atomic E-state index is 13.2. The van der Waals surface area contributed by atoms with Crippen LogP contribution in [0.3, 0.4) is 0 Å². The predicted molar refractivity (Wildman–Crippen MR) is 102 cm³/mol. The van der Waals surface area contributed by atoms with E-state index in [-0.39, 0.29) is 10.9 Å². The number of rotatable bonds is 9. The molecule has 2 rings (SSSR count). The molecule has 0 fully saturated rings. The molecule has 0 atom stereocenters. The molecule has 0 saturated heterocycles. The van der Waals surface area contributed by atoms with Crippen LogP contribution in [0.2, 0.25) is 5.02 Å². The lowest BCUT2D eigenvalue weighted by molar-refractivity contribution is 0.102. The maximum absolute atomic E-state index is 13.2. The normalized spacial score (nSPS) is 10.6. The first kappa shape index (κ1) is 20.2. The van der Waals surface area contributed by atoms with Crippen LogP contribution in [-0.2, 0) is 11.3 Å². The third-order valence-electron chi connectivity index (χ3n) is 3.70. The Morgan fingerprint density at radius 1 is 1.19 bits per heavy atom. The zero-order valence-corrected chi connectivity index (χ0v) is 15.7. The summed E-state index contributed by atoms with van der Waals surface area (Å²) in [5.41, 5.74) is 1.70. The van der Waals surface area contributed by atoms with E-state index in [1.807, 2.05) is 6.92 Å². The van der Waals surface area contributed by atoms with Gasteiger partial charge in [-0.05, 0) is 49.7 Å². The Morgan fingerprint density at radius 2 is 2.00 bits per heavy atom. The molecular formula is C20H23ClFNO3. The molecule has 0 unspecified atom stereocenters. The smallest absolute Gasteiger partial charge is 0.255 e. The average molecular weight is 380 g/mol. The van der Waals surface area contributed by atoms with Crippen LogP contribution in [0, 0.1) is 5.82 Å². The van der Waals surface area contributed by atoms with E-state index in [0.29, 0.717) is 36.8 Å². The first-order valence-electron chi connectivity index (χ1n) is 8.65. The van der Waals surface area contributed by atoms with Crippen molar-refractivity contribution in [2.45, 2.75) is 33.3 Å². The fraction of sp³-hybridized carbons (Fsp3) is 0.350. The summed E-state index contributed by atoms with van der Waals surface area (Å²) < 4.78 is 24.5. The first-order chi connectivity index (χ1) is 12.5. The van der Waals surface area contributed by atoms with Crippen LogP contribution >= 0.6 is 11.6 Å². The van der Waals surface area contributed by atoms with Gasteiger partial charge in [0.05, 0.1) is 18.2 Å². The second-order valence-electron chi connectivity index (χ2n) is 5.74. The average Bonchev–Trinajstić information content (AvgIpc) is 2.63. The van der Waals surface area contributed by atoms with Crippen LogP contribution in [0.25, 0.3) is 0 Å². The largest absolute Gasteiger partial charge is 0.494 e. The second-order valence-corrected chi connectivity index (χ2v) is 6.15. The third-order valence-corrected chi connectivity index (χ3v) is 3.99. The number of carbonyl (C=O) groups is 1. The molecule has 0 heterocycles. The number of amides is 1. The molecule has 1 N–H and O–H groups in total. The Kier molecular flexibility index (Phi) is 7.88. The van der Waals surface area contributed by atoms with E-state index < -0.39 is 5.82 Å². The molecule has 4 nitrogen and oxygen atoms in total. The van der Waals surface area contributed by atoms with Gasteiger partial charge in [0.1, 0.15) is 11.6 Å². The van der Waals surface area contributed by atoms with Gasteiger partial charge < -0.3 is 14.8 Å². The minimum atomic E-state index is -0.530. The standard InChI is InChI=1S/C20H23ClFNO3/c1-3-5-10-25-13-15-11-14(6-9-19(15)26-4-2)20(24)23-16-7-8-18(22)17(21)12-16/h6-9,11-12H,3-5,10,13H2,1-2H3,(H,23,24). The molecule has 6 heteroatoms. The monoisotopic (exact) mass is 379 g/mol. The molecule has 0 aliphatic rings. The fourth-order valence-electron chi connectivity index (χ4n) is 2.34. The minimum Gasteiger partial charge on any atom is -0.494 e. The second kappa shape index (κ2) is 10.1. The van der Waals surface area contributed by atoms with Crippen LogP contribution in [0.5, 0.6) is 5.75 Å². The lowest BCUT2D eigenvalue weighted by Crippen LogP contribution is -2.13. The van der Waals surface area contributed by atoms with Crippen LogP contribution in [0.15, 0.2) is 36.4 Å². The molecule has 0 spiro atoms. The summed E-state index contributed by atoms with van der Waals surface area (Å²) >= 11 is 5.75. The number of nitrogens with one attached hydrogen (secondary N) is 1. The summed E-state index contributed by atoms with van der Waals surface area (Å²) in [7, 11) is 0. The molecular weight excluding hydrogens is 357 g/mol. The van der Waals surface area contributed by atoms with Crippen molar-refractivity contribution in [3.63, 3.8) is 0 Å². The number of benzene rings is 2. The number of unbranched alkanes of at least 4 members (excludes halogenated alkanes) is 1. The van der Waals surface area contributed by atoms with E-state index in [9.17, 15) is 9.18 Å². The van der Waals surface area contributed by atoms with Crippen molar-refractivity contribution in [3.8, 4) is 5.75 Å². The van der Waals surface area contributed by atoms with Gasteiger partial charge in [-0.25, -0.2) is 4.39 Å². The highest BCUT2D eigenvalue weighted by Crippen LogP contribution is 2.23. The van der Waals surface area contributed by atoms with E-state index in [4.69, 9.17) is 21.1 Å².